The zero-order chi connectivity index (χ0) is 24.6. The van der Waals surface area contributed by atoms with E-state index >= 15 is 0 Å². The summed E-state index contributed by atoms with van der Waals surface area (Å²) in [5, 5.41) is 10.6. The molecule has 0 aliphatic carbocycles. The smallest absolute Gasteiger partial charge is 0.416 e. The molecule has 2 heterocycles. The van der Waals surface area contributed by atoms with Gasteiger partial charge < -0.3 is 14.4 Å². The fourth-order valence-electron chi connectivity index (χ4n) is 3.77. The van der Waals surface area contributed by atoms with E-state index in [9.17, 15) is 18.0 Å². The number of carbonyl (C=O) groups is 1. The predicted molar refractivity (Wildman–Crippen MR) is 125 cm³/mol. The number of rotatable bonds is 7. The van der Waals surface area contributed by atoms with Crippen molar-refractivity contribution in [1.29, 1.82) is 0 Å². The molecule has 1 atom stereocenters. The van der Waals surface area contributed by atoms with Crippen LogP contribution in [0, 0.1) is 0 Å². The first-order chi connectivity index (χ1) is 16.0. The molecule has 34 heavy (non-hydrogen) atoms. The Morgan fingerprint density at radius 3 is 2.44 bits per heavy atom. The van der Waals surface area contributed by atoms with Gasteiger partial charge in [0.25, 0.3) is 0 Å². The van der Waals surface area contributed by atoms with E-state index in [-0.39, 0.29) is 18.6 Å². The molecule has 1 N–H and O–H groups in total. The molecular weight excluding hydrogens is 465 g/mol. The number of alkyl halides is 3. The van der Waals surface area contributed by atoms with Gasteiger partial charge in [-0.3, -0.25) is 4.79 Å². The lowest BCUT2D eigenvalue weighted by molar-refractivity contribution is -0.138. The van der Waals surface area contributed by atoms with E-state index in [0.29, 0.717) is 16.3 Å². The highest BCUT2D eigenvalue weighted by Crippen LogP contribution is 2.38. The molecule has 5 nitrogen and oxygen atoms in total. The normalized spacial score (nSPS) is 12.9. The molecule has 9 heteroatoms. The van der Waals surface area contributed by atoms with Crippen LogP contribution in [-0.2, 0) is 17.5 Å². The second-order valence-corrected chi connectivity index (χ2v) is 9.35. The van der Waals surface area contributed by atoms with Gasteiger partial charge in [0.2, 0.25) is 0 Å². The summed E-state index contributed by atoms with van der Waals surface area (Å²) in [4.78, 5) is 16.7. The molecule has 0 bridgehead atoms. The number of halogens is 3. The summed E-state index contributed by atoms with van der Waals surface area (Å²) in [5.41, 5.74) is 1.58. The standard InChI is InChI=1S/C25H23F3N2O3S/c1-14(2)22-23(34-24(29-22)16-4-6-18(7-5-16)25(26,27)28)15(3)33-19-8-9-20-17(12-19)10-11-30(20)13-21(31)32/h4-12,14-15H,13H2,1-3H3,(H,31,32)/t15-/m0/s1. The van der Waals surface area contributed by atoms with E-state index in [1.807, 2.05) is 39.0 Å². The molecule has 2 aromatic carbocycles. The second kappa shape index (κ2) is 9.13. The summed E-state index contributed by atoms with van der Waals surface area (Å²) in [6, 6.07) is 12.3. The van der Waals surface area contributed by atoms with Crippen LogP contribution in [0.15, 0.2) is 54.7 Å². The minimum absolute atomic E-state index is 0.105. The summed E-state index contributed by atoms with van der Waals surface area (Å²) in [7, 11) is 0. The molecule has 0 saturated heterocycles. The number of aliphatic carboxylic acids is 1. The van der Waals surface area contributed by atoms with Crippen LogP contribution in [0.25, 0.3) is 21.5 Å². The first-order valence-corrected chi connectivity index (χ1v) is 11.5. The third kappa shape index (κ3) is 4.94. The Morgan fingerprint density at radius 2 is 1.82 bits per heavy atom. The van der Waals surface area contributed by atoms with Crippen molar-refractivity contribution in [3.05, 3.63) is 70.9 Å². The maximum Gasteiger partial charge on any atom is 0.416 e. The number of carboxylic acid groups (broad SMARTS) is 1. The van der Waals surface area contributed by atoms with Crippen LogP contribution in [0.3, 0.4) is 0 Å². The number of ether oxygens (including phenoxy) is 1. The van der Waals surface area contributed by atoms with Gasteiger partial charge in [-0.2, -0.15) is 13.2 Å². The average molecular weight is 489 g/mol. The van der Waals surface area contributed by atoms with Crippen LogP contribution >= 0.6 is 11.3 Å². The molecule has 0 aliphatic heterocycles. The molecule has 0 unspecified atom stereocenters. The van der Waals surface area contributed by atoms with Crippen molar-refractivity contribution in [2.75, 3.05) is 0 Å². The van der Waals surface area contributed by atoms with Crippen molar-refractivity contribution < 1.29 is 27.8 Å². The predicted octanol–water partition coefficient (Wildman–Crippen LogP) is 7.13. The maximum atomic E-state index is 12.9. The Balaban J connectivity index is 1.60. The summed E-state index contributed by atoms with van der Waals surface area (Å²) >= 11 is 1.41. The largest absolute Gasteiger partial charge is 0.485 e. The monoisotopic (exact) mass is 488 g/mol. The molecule has 0 saturated carbocycles. The third-order valence-corrected chi connectivity index (χ3v) is 6.70. The van der Waals surface area contributed by atoms with E-state index < -0.39 is 17.7 Å². The van der Waals surface area contributed by atoms with Gasteiger partial charge in [0.15, 0.2) is 0 Å². The first-order valence-electron chi connectivity index (χ1n) is 10.7. The molecule has 178 valence electrons. The zero-order valence-electron chi connectivity index (χ0n) is 18.8. The zero-order valence-corrected chi connectivity index (χ0v) is 19.6. The molecular formula is C25H23F3N2O3S. The first kappa shape index (κ1) is 23.8. The Hall–Kier alpha value is -3.33. The van der Waals surface area contributed by atoms with Crippen LogP contribution in [0.2, 0.25) is 0 Å². The van der Waals surface area contributed by atoms with Gasteiger partial charge in [0, 0.05) is 22.7 Å². The van der Waals surface area contributed by atoms with Crippen molar-refractivity contribution in [3.63, 3.8) is 0 Å². The van der Waals surface area contributed by atoms with Gasteiger partial charge in [-0.1, -0.05) is 26.0 Å². The number of aromatic nitrogens is 2. The second-order valence-electron chi connectivity index (χ2n) is 8.32. The number of thiazole rings is 1. The molecule has 0 radical (unpaired) electrons. The van der Waals surface area contributed by atoms with E-state index in [0.717, 1.165) is 33.6 Å². The van der Waals surface area contributed by atoms with Crippen LogP contribution in [0.1, 0.15) is 48.9 Å². The molecule has 4 rings (SSSR count). The topological polar surface area (TPSA) is 64.4 Å². The number of fused-ring (bicyclic) bond motifs is 1. The summed E-state index contributed by atoms with van der Waals surface area (Å²) in [5.74, 6) is -0.179. The van der Waals surface area contributed by atoms with Crippen LogP contribution in [0.5, 0.6) is 5.75 Å². The average Bonchev–Trinajstić information content (AvgIpc) is 3.38. The lowest BCUT2D eigenvalue weighted by Crippen LogP contribution is -2.07. The van der Waals surface area contributed by atoms with Crippen LogP contribution < -0.4 is 4.74 Å². The Kier molecular flexibility index (Phi) is 6.40. The minimum atomic E-state index is -4.38. The van der Waals surface area contributed by atoms with E-state index in [1.165, 1.54) is 23.5 Å². The van der Waals surface area contributed by atoms with Crippen molar-refractivity contribution in [1.82, 2.24) is 9.55 Å². The van der Waals surface area contributed by atoms with Crippen LogP contribution in [0.4, 0.5) is 13.2 Å². The molecule has 0 amide bonds. The lowest BCUT2D eigenvalue weighted by Gasteiger charge is -2.16. The van der Waals surface area contributed by atoms with Gasteiger partial charge in [-0.15, -0.1) is 11.3 Å². The maximum absolute atomic E-state index is 12.9. The van der Waals surface area contributed by atoms with E-state index in [1.54, 1.807) is 16.8 Å². The van der Waals surface area contributed by atoms with Gasteiger partial charge in [0.05, 0.1) is 16.1 Å². The molecule has 0 aliphatic rings. The minimum Gasteiger partial charge on any atom is -0.485 e. The van der Waals surface area contributed by atoms with E-state index in [2.05, 4.69) is 0 Å². The van der Waals surface area contributed by atoms with Crippen molar-refractivity contribution in [2.24, 2.45) is 0 Å². The summed E-state index contributed by atoms with van der Waals surface area (Å²) in [6.45, 7) is 5.82. The van der Waals surface area contributed by atoms with Gasteiger partial charge >= 0.3 is 12.1 Å². The molecule has 0 spiro atoms. The molecule has 2 aromatic heterocycles. The van der Waals surface area contributed by atoms with Crippen molar-refractivity contribution in [3.8, 4) is 16.3 Å². The van der Waals surface area contributed by atoms with Crippen molar-refractivity contribution >= 4 is 28.2 Å². The fourth-order valence-corrected chi connectivity index (χ4v) is 4.97. The number of benzene rings is 2. The Morgan fingerprint density at radius 1 is 1.12 bits per heavy atom. The SMILES string of the molecule is CC(C)c1nc(-c2ccc(C(F)(F)F)cc2)sc1[C@H](C)Oc1ccc2c(ccn2CC(=O)O)c1. The summed E-state index contributed by atoms with van der Waals surface area (Å²) in [6.07, 6.45) is -2.99. The highest BCUT2D eigenvalue weighted by atomic mass is 32.1. The highest BCUT2D eigenvalue weighted by Gasteiger charge is 2.30. The quantitative estimate of drug-likeness (QED) is 0.301. The Labute approximate surface area is 198 Å². The van der Waals surface area contributed by atoms with Gasteiger partial charge in [-0.05, 0) is 49.2 Å². The van der Waals surface area contributed by atoms with Gasteiger partial charge in [-0.25, -0.2) is 4.98 Å². The molecule has 4 aromatic rings. The van der Waals surface area contributed by atoms with E-state index in [4.69, 9.17) is 14.8 Å². The van der Waals surface area contributed by atoms with Crippen molar-refractivity contribution in [2.45, 2.75) is 45.5 Å². The Bertz CT molecular complexity index is 1320. The molecule has 0 fully saturated rings. The van der Waals surface area contributed by atoms with Gasteiger partial charge in [0.1, 0.15) is 23.4 Å². The number of hydrogen-bond acceptors (Lipinski definition) is 4. The number of hydrogen-bond donors (Lipinski definition) is 1. The van der Waals surface area contributed by atoms with Crippen LogP contribution in [-0.4, -0.2) is 20.6 Å². The fraction of sp³-hybridized carbons (Fsp3) is 0.280. The lowest BCUT2D eigenvalue weighted by atomic mass is 10.1. The number of nitrogens with zero attached hydrogens (tertiary/aromatic N) is 2. The highest BCUT2D eigenvalue weighted by molar-refractivity contribution is 7.15. The number of carboxylic acids is 1. The third-order valence-electron chi connectivity index (χ3n) is 5.42. The summed E-state index contributed by atoms with van der Waals surface area (Å²) < 4.78 is 46.6.